The van der Waals surface area contributed by atoms with Crippen LogP contribution in [-0.4, -0.2) is 24.3 Å². The number of hydrogen-bond donors (Lipinski definition) is 1. The van der Waals surface area contributed by atoms with Crippen LogP contribution in [0.1, 0.15) is 28.4 Å². The number of amides is 1. The van der Waals surface area contributed by atoms with E-state index in [1.165, 1.54) is 6.92 Å². The van der Waals surface area contributed by atoms with Gasteiger partial charge >= 0.3 is 12.3 Å². The minimum Gasteiger partial charge on any atom is -0.449 e. The maximum atomic E-state index is 12.2. The number of esters is 1. The second-order valence-electron chi connectivity index (χ2n) is 5.93. The maximum absolute atomic E-state index is 12.2. The van der Waals surface area contributed by atoms with Gasteiger partial charge in [-0.1, -0.05) is 12.1 Å². The van der Waals surface area contributed by atoms with Gasteiger partial charge in [0, 0.05) is 5.69 Å². The molecule has 0 aliphatic heterocycles. The van der Waals surface area contributed by atoms with Gasteiger partial charge < -0.3 is 14.8 Å². The van der Waals surface area contributed by atoms with Crippen LogP contribution in [0.25, 0.3) is 0 Å². The van der Waals surface area contributed by atoms with E-state index in [9.17, 15) is 22.8 Å². The molecule has 27 heavy (non-hydrogen) atoms. The lowest BCUT2D eigenvalue weighted by Gasteiger charge is -2.15. The lowest BCUT2D eigenvalue weighted by molar-refractivity contribution is -0.274. The number of aryl methyl sites for hydroxylation is 2. The highest BCUT2D eigenvalue weighted by Gasteiger charge is 2.31. The lowest BCUT2D eigenvalue weighted by atomic mass is 10.1. The van der Waals surface area contributed by atoms with Crippen LogP contribution in [0.5, 0.6) is 5.75 Å². The fourth-order valence-electron chi connectivity index (χ4n) is 2.18. The van der Waals surface area contributed by atoms with Crippen molar-refractivity contribution in [2.75, 3.05) is 5.32 Å². The van der Waals surface area contributed by atoms with Crippen molar-refractivity contribution >= 4 is 17.6 Å². The predicted molar refractivity (Wildman–Crippen MR) is 92.5 cm³/mol. The summed E-state index contributed by atoms with van der Waals surface area (Å²) in [6.07, 6.45) is -5.91. The Morgan fingerprint density at radius 1 is 1.04 bits per heavy atom. The van der Waals surface area contributed by atoms with Gasteiger partial charge in [0.25, 0.3) is 5.91 Å². The van der Waals surface area contributed by atoms with Crippen LogP contribution in [0.4, 0.5) is 18.9 Å². The zero-order valence-electron chi connectivity index (χ0n) is 14.9. The molecule has 2 rings (SSSR count). The molecule has 0 spiro atoms. The SMILES string of the molecule is Cc1ccc(C)c(NC(=O)[C@@H](C)OC(=O)c2ccc(OC(F)(F)F)cc2)c1. The number of nitrogens with one attached hydrogen (secondary N) is 1. The molecular weight excluding hydrogens is 363 g/mol. The first-order chi connectivity index (χ1) is 12.5. The van der Waals surface area contributed by atoms with Gasteiger partial charge in [0.05, 0.1) is 5.56 Å². The molecule has 0 aliphatic rings. The second-order valence-corrected chi connectivity index (χ2v) is 5.93. The van der Waals surface area contributed by atoms with E-state index in [4.69, 9.17) is 4.74 Å². The molecular formula is C19H18F3NO4. The molecule has 5 nitrogen and oxygen atoms in total. The van der Waals surface area contributed by atoms with Gasteiger partial charge in [0.1, 0.15) is 5.75 Å². The van der Waals surface area contributed by atoms with Crippen molar-refractivity contribution in [1.29, 1.82) is 0 Å². The Kier molecular flexibility index (Phi) is 6.09. The van der Waals surface area contributed by atoms with Crippen LogP contribution in [0.15, 0.2) is 42.5 Å². The molecule has 0 heterocycles. The first-order valence-corrected chi connectivity index (χ1v) is 8.00. The predicted octanol–water partition coefficient (Wildman–Crippen LogP) is 4.39. The first kappa shape index (κ1) is 20.3. The summed E-state index contributed by atoms with van der Waals surface area (Å²) in [4.78, 5) is 24.3. The number of carbonyl (C=O) groups excluding carboxylic acids is 2. The number of ether oxygens (including phenoxy) is 2. The van der Waals surface area contributed by atoms with Crippen LogP contribution in [0.3, 0.4) is 0 Å². The van der Waals surface area contributed by atoms with Crippen LogP contribution >= 0.6 is 0 Å². The number of hydrogen-bond acceptors (Lipinski definition) is 4. The Bertz CT molecular complexity index is 832. The van der Waals surface area contributed by atoms with Crippen molar-refractivity contribution in [1.82, 2.24) is 0 Å². The van der Waals surface area contributed by atoms with Gasteiger partial charge in [-0.3, -0.25) is 4.79 Å². The van der Waals surface area contributed by atoms with Crippen LogP contribution in [-0.2, 0) is 9.53 Å². The summed E-state index contributed by atoms with van der Waals surface area (Å²) >= 11 is 0. The van der Waals surface area contributed by atoms with E-state index < -0.39 is 30.1 Å². The number of carbonyl (C=O) groups is 2. The molecule has 0 unspecified atom stereocenters. The van der Waals surface area contributed by atoms with Gasteiger partial charge in [-0.15, -0.1) is 13.2 Å². The second kappa shape index (κ2) is 8.11. The Labute approximate surface area is 154 Å². The third kappa shape index (κ3) is 6.02. The fourth-order valence-corrected chi connectivity index (χ4v) is 2.18. The molecule has 1 N–H and O–H groups in total. The van der Waals surface area contributed by atoms with E-state index in [1.807, 2.05) is 26.0 Å². The van der Waals surface area contributed by atoms with Crippen molar-refractivity contribution in [3.63, 3.8) is 0 Å². The van der Waals surface area contributed by atoms with Crippen molar-refractivity contribution in [3.05, 3.63) is 59.2 Å². The molecule has 144 valence electrons. The van der Waals surface area contributed by atoms with E-state index in [2.05, 4.69) is 10.1 Å². The number of anilines is 1. The average Bonchev–Trinajstić information content (AvgIpc) is 2.57. The van der Waals surface area contributed by atoms with Crippen molar-refractivity contribution in [2.24, 2.45) is 0 Å². The van der Waals surface area contributed by atoms with Crippen molar-refractivity contribution < 1.29 is 32.2 Å². The summed E-state index contributed by atoms with van der Waals surface area (Å²) in [6.45, 7) is 5.11. The summed E-state index contributed by atoms with van der Waals surface area (Å²) in [6, 6.07) is 9.78. The molecule has 0 aliphatic carbocycles. The molecule has 0 bridgehead atoms. The molecule has 8 heteroatoms. The summed E-state index contributed by atoms with van der Waals surface area (Å²) in [5.74, 6) is -1.81. The molecule has 2 aromatic rings. The van der Waals surface area contributed by atoms with Crippen LogP contribution < -0.4 is 10.1 Å². The molecule has 0 fully saturated rings. The number of rotatable bonds is 5. The van der Waals surface area contributed by atoms with Gasteiger partial charge in [-0.2, -0.15) is 0 Å². The summed E-state index contributed by atoms with van der Waals surface area (Å²) in [5, 5.41) is 2.68. The van der Waals surface area contributed by atoms with E-state index in [0.717, 1.165) is 35.4 Å². The molecule has 0 aromatic heterocycles. The van der Waals surface area contributed by atoms with Gasteiger partial charge in [0.15, 0.2) is 6.10 Å². The van der Waals surface area contributed by atoms with Crippen LogP contribution in [0.2, 0.25) is 0 Å². The first-order valence-electron chi connectivity index (χ1n) is 8.00. The van der Waals surface area contributed by atoms with E-state index >= 15 is 0 Å². The highest BCUT2D eigenvalue weighted by atomic mass is 19.4. The summed E-state index contributed by atoms with van der Waals surface area (Å²) < 4.78 is 45.2. The number of benzene rings is 2. The van der Waals surface area contributed by atoms with Crippen molar-refractivity contribution in [2.45, 2.75) is 33.2 Å². The highest BCUT2D eigenvalue weighted by Crippen LogP contribution is 2.23. The highest BCUT2D eigenvalue weighted by molar-refractivity contribution is 5.97. The minimum absolute atomic E-state index is 0.00379. The zero-order valence-corrected chi connectivity index (χ0v) is 14.9. The summed E-state index contributed by atoms with van der Waals surface area (Å²) in [7, 11) is 0. The fraction of sp³-hybridized carbons (Fsp3) is 0.263. The van der Waals surface area contributed by atoms with E-state index in [0.29, 0.717) is 5.69 Å². The third-order valence-electron chi connectivity index (χ3n) is 3.63. The van der Waals surface area contributed by atoms with E-state index in [-0.39, 0.29) is 5.56 Å². The van der Waals surface area contributed by atoms with Gasteiger partial charge in [0.2, 0.25) is 0 Å². The van der Waals surface area contributed by atoms with Gasteiger partial charge in [-0.25, -0.2) is 4.79 Å². The van der Waals surface area contributed by atoms with Crippen LogP contribution in [0, 0.1) is 13.8 Å². The molecule has 0 saturated carbocycles. The quantitative estimate of drug-likeness (QED) is 0.781. The lowest BCUT2D eigenvalue weighted by Crippen LogP contribution is -2.30. The largest absolute Gasteiger partial charge is 0.573 e. The molecule has 0 saturated heterocycles. The Balaban J connectivity index is 1.98. The van der Waals surface area contributed by atoms with Crippen molar-refractivity contribution in [3.8, 4) is 5.75 Å². The summed E-state index contributed by atoms with van der Waals surface area (Å²) in [5.41, 5.74) is 2.42. The number of alkyl halides is 3. The normalized spacial score (nSPS) is 12.2. The number of halogens is 3. The Morgan fingerprint density at radius 2 is 1.67 bits per heavy atom. The molecule has 1 atom stereocenters. The third-order valence-corrected chi connectivity index (χ3v) is 3.63. The molecule has 1 amide bonds. The molecule has 0 radical (unpaired) electrons. The topological polar surface area (TPSA) is 64.6 Å². The Morgan fingerprint density at radius 3 is 2.26 bits per heavy atom. The Hall–Kier alpha value is -3.03. The zero-order chi connectivity index (χ0) is 20.2. The minimum atomic E-state index is -4.82. The average molecular weight is 381 g/mol. The maximum Gasteiger partial charge on any atom is 0.573 e. The van der Waals surface area contributed by atoms with Gasteiger partial charge in [-0.05, 0) is 62.2 Å². The monoisotopic (exact) mass is 381 g/mol. The standard InChI is InChI=1S/C19H18F3NO4/c1-11-4-5-12(2)16(10-11)23-17(24)13(3)26-18(25)14-6-8-15(9-7-14)27-19(20,21)22/h4-10,13H,1-3H3,(H,23,24)/t13-/m1/s1. The smallest absolute Gasteiger partial charge is 0.449 e. The van der Waals surface area contributed by atoms with E-state index in [1.54, 1.807) is 6.07 Å². The molecule has 2 aromatic carbocycles.